The number of amides is 1. The van der Waals surface area contributed by atoms with Crippen LogP contribution >= 0.6 is 0 Å². The molecule has 2 atom stereocenters. The fourth-order valence-electron chi connectivity index (χ4n) is 2.62. The largest absolute Gasteiger partial charge is 0.379 e. The fourth-order valence-corrected chi connectivity index (χ4v) is 2.62. The van der Waals surface area contributed by atoms with Crippen molar-refractivity contribution in [3.63, 3.8) is 0 Å². The van der Waals surface area contributed by atoms with Crippen molar-refractivity contribution in [2.45, 2.75) is 18.5 Å². The third kappa shape index (κ3) is 4.08. The molecule has 1 aliphatic heterocycles. The molecular weight excluding hydrogens is 325 g/mol. The van der Waals surface area contributed by atoms with Gasteiger partial charge in [-0.25, -0.2) is 14.4 Å². The molecule has 0 bridgehead atoms. The number of benzene rings is 1. The van der Waals surface area contributed by atoms with E-state index in [4.69, 9.17) is 10.00 Å². The van der Waals surface area contributed by atoms with Crippen LogP contribution in [0.25, 0.3) is 0 Å². The van der Waals surface area contributed by atoms with Crippen LogP contribution in [0.4, 0.5) is 10.2 Å². The summed E-state index contributed by atoms with van der Waals surface area (Å²) in [4.78, 5) is 20.4. The summed E-state index contributed by atoms with van der Waals surface area (Å²) in [5.41, 5.74) is 0.0838. The van der Waals surface area contributed by atoms with E-state index in [0.717, 1.165) is 6.07 Å². The summed E-state index contributed by atoms with van der Waals surface area (Å²) < 4.78 is 18.9. The van der Waals surface area contributed by atoms with Crippen molar-refractivity contribution in [2.24, 2.45) is 0 Å². The van der Waals surface area contributed by atoms with E-state index < -0.39 is 5.82 Å². The van der Waals surface area contributed by atoms with Gasteiger partial charge in [0.15, 0.2) is 0 Å². The van der Waals surface area contributed by atoms with Gasteiger partial charge >= 0.3 is 0 Å². The molecule has 1 aromatic carbocycles. The number of hydrogen-bond donors (Lipinski definition) is 2. The van der Waals surface area contributed by atoms with Crippen LogP contribution in [0, 0.1) is 17.1 Å². The highest BCUT2D eigenvalue weighted by Crippen LogP contribution is 2.15. The number of carbonyl (C=O) groups excluding carboxylic acids is 1. The smallest absolute Gasteiger partial charge is 0.251 e. The van der Waals surface area contributed by atoms with Crippen LogP contribution in [0.3, 0.4) is 0 Å². The number of nitriles is 1. The molecule has 1 aliphatic rings. The Morgan fingerprint density at radius 2 is 2.24 bits per heavy atom. The number of carbonyl (C=O) groups is 1. The van der Waals surface area contributed by atoms with E-state index >= 15 is 0 Å². The highest BCUT2D eigenvalue weighted by Gasteiger charge is 2.28. The van der Waals surface area contributed by atoms with Gasteiger partial charge in [0.1, 0.15) is 24.0 Å². The van der Waals surface area contributed by atoms with Crippen LogP contribution in [-0.4, -0.2) is 41.2 Å². The van der Waals surface area contributed by atoms with Gasteiger partial charge in [-0.05, 0) is 30.7 Å². The Kier molecular flexibility index (Phi) is 5.16. The van der Waals surface area contributed by atoms with Gasteiger partial charge in [0.05, 0.1) is 24.3 Å². The van der Waals surface area contributed by atoms with E-state index in [2.05, 4.69) is 20.6 Å². The molecule has 0 saturated carbocycles. The number of nitrogens with one attached hydrogen (secondary N) is 2. The van der Waals surface area contributed by atoms with Gasteiger partial charge in [0, 0.05) is 18.4 Å². The summed E-state index contributed by atoms with van der Waals surface area (Å²) in [7, 11) is 0. The molecule has 25 heavy (non-hydrogen) atoms. The maximum atomic E-state index is 13.4. The Hall–Kier alpha value is -3.05. The predicted octanol–water partition coefficient (Wildman–Crippen LogP) is 1.49. The predicted molar refractivity (Wildman–Crippen MR) is 87.2 cm³/mol. The summed E-state index contributed by atoms with van der Waals surface area (Å²) >= 11 is 0. The highest BCUT2D eigenvalue weighted by molar-refractivity contribution is 5.94. The van der Waals surface area contributed by atoms with Crippen molar-refractivity contribution in [3.05, 3.63) is 53.7 Å². The van der Waals surface area contributed by atoms with Gasteiger partial charge in [0.25, 0.3) is 5.91 Å². The molecule has 0 radical (unpaired) electrons. The quantitative estimate of drug-likeness (QED) is 0.874. The molecule has 1 fully saturated rings. The maximum Gasteiger partial charge on any atom is 0.251 e. The summed E-state index contributed by atoms with van der Waals surface area (Å²) in [6.07, 6.45) is 3.68. The minimum absolute atomic E-state index is 0.157. The summed E-state index contributed by atoms with van der Waals surface area (Å²) in [6.45, 7) is 0.946. The van der Waals surface area contributed by atoms with Crippen molar-refractivity contribution in [3.8, 4) is 6.07 Å². The molecule has 0 spiro atoms. The molecule has 2 N–H and O–H groups in total. The van der Waals surface area contributed by atoms with Crippen LogP contribution in [-0.2, 0) is 4.74 Å². The van der Waals surface area contributed by atoms with Crippen LogP contribution < -0.4 is 10.6 Å². The first-order chi connectivity index (χ1) is 12.2. The van der Waals surface area contributed by atoms with E-state index in [1.54, 1.807) is 18.3 Å². The zero-order chi connectivity index (χ0) is 17.6. The molecule has 7 nitrogen and oxygen atoms in total. The number of ether oxygens (including phenoxy) is 1. The number of nitrogens with zero attached hydrogens (tertiary/aromatic N) is 3. The van der Waals surface area contributed by atoms with E-state index in [1.807, 2.05) is 0 Å². The normalized spacial score (nSPS) is 19.7. The van der Waals surface area contributed by atoms with Crippen LogP contribution in [0.1, 0.15) is 22.3 Å². The SMILES string of the molecule is N#Cc1cc(C(=O)N[C@H]2CCOC[C@H]2Nc2ccncn2)ccc1F. The van der Waals surface area contributed by atoms with Crippen molar-refractivity contribution in [2.75, 3.05) is 18.5 Å². The molecule has 1 amide bonds. The molecule has 8 heteroatoms. The lowest BCUT2D eigenvalue weighted by Crippen LogP contribution is -2.52. The second-order valence-corrected chi connectivity index (χ2v) is 5.60. The molecule has 1 saturated heterocycles. The standard InChI is InChI=1S/C17H16FN5O2/c18-13-2-1-11(7-12(13)8-19)17(24)23-14-4-6-25-9-15(14)22-16-3-5-20-10-21-16/h1-3,5,7,10,14-15H,4,6,9H2,(H,23,24)(H,20,21,22)/t14-,15+/m0/s1. The summed E-state index contributed by atoms with van der Waals surface area (Å²) in [5.74, 6) is -0.371. The van der Waals surface area contributed by atoms with Gasteiger partial charge < -0.3 is 15.4 Å². The Balaban J connectivity index is 1.71. The molecule has 0 unspecified atom stereocenters. The second kappa shape index (κ2) is 7.68. The fraction of sp³-hybridized carbons (Fsp3) is 0.294. The minimum Gasteiger partial charge on any atom is -0.379 e. The lowest BCUT2D eigenvalue weighted by molar-refractivity contribution is 0.0620. The zero-order valence-corrected chi connectivity index (χ0v) is 13.3. The molecular formula is C17H16FN5O2. The van der Waals surface area contributed by atoms with Gasteiger partial charge in [-0.1, -0.05) is 0 Å². The second-order valence-electron chi connectivity index (χ2n) is 5.60. The average molecular weight is 341 g/mol. The zero-order valence-electron chi connectivity index (χ0n) is 13.3. The van der Waals surface area contributed by atoms with Crippen molar-refractivity contribution in [1.82, 2.24) is 15.3 Å². The third-order valence-corrected chi connectivity index (χ3v) is 3.94. The molecule has 2 heterocycles. The number of halogens is 1. The van der Waals surface area contributed by atoms with Crippen LogP contribution in [0.2, 0.25) is 0 Å². The maximum absolute atomic E-state index is 13.4. The number of aromatic nitrogens is 2. The number of rotatable bonds is 4. The van der Waals surface area contributed by atoms with E-state index in [9.17, 15) is 9.18 Å². The third-order valence-electron chi connectivity index (χ3n) is 3.94. The van der Waals surface area contributed by atoms with Crippen LogP contribution in [0.5, 0.6) is 0 Å². The number of hydrogen-bond acceptors (Lipinski definition) is 6. The molecule has 1 aromatic heterocycles. The molecule has 0 aliphatic carbocycles. The highest BCUT2D eigenvalue weighted by atomic mass is 19.1. The lowest BCUT2D eigenvalue weighted by atomic mass is 10.0. The first-order valence-electron chi connectivity index (χ1n) is 7.78. The van der Waals surface area contributed by atoms with E-state index in [-0.39, 0.29) is 29.1 Å². The molecule has 3 rings (SSSR count). The Morgan fingerprint density at radius 1 is 1.36 bits per heavy atom. The molecule has 2 aromatic rings. The van der Waals surface area contributed by atoms with Crippen molar-refractivity contribution < 1.29 is 13.9 Å². The van der Waals surface area contributed by atoms with Crippen LogP contribution in [0.15, 0.2) is 36.8 Å². The first-order valence-corrected chi connectivity index (χ1v) is 7.78. The lowest BCUT2D eigenvalue weighted by Gasteiger charge is -2.33. The average Bonchev–Trinajstić information content (AvgIpc) is 2.64. The topological polar surface area (TPSA) is 99.9 Å². The van der Waals surface area contributed by atoms with Gasteiger partial charge in [-0.3, -0.25) is 4.79 Å². The minimum atomic E-state index is -0.645. The van der Waals surface area contributed by atoms with E-state index in [0.29, 0.717) is 25.5 Å². The van der Waals surface area contributed by atoms with Gasteiger partial charge in [-0.15, -0.1) is 0 Å². The summed E-state index contributed by atoms with van der Waals surface area (Å²) in [6, 6.07) is 6.84. The first kappa shape index (κ1) is 16.8. The Morgan fingerprint density at radius 3 is 3.00 bits per heavy atom. The Bertz CT molecular complexity index is 793. The van der Waals surface area contributed by atoms with Gasteiger partial charge in [-0.2, -0.15) is 5.26 Å². The number of anilines is 1. The molecule has 128 valence electrons. The van der Waals surface area contributed by atoms with Gasteiger partial charge in [0.2, 0.25) is 0 Å². The monoisotopic (exact) mass is 341 g/mol. The Labute approximate surface area is 143 Å². The van der Waals surface area contributed by atoms with Crippen molar-refractivity contribution >= 4 is 11.7 Å². The van der Waals surface area contributed by atoms with E-state index in [1.165, 1.54) is 18.5 Å². The van der Waals surface area contributed by atoms with Crippen molar-refractivity contribution in [1.29, 1.82) is 5.26 Å². The summed E-state index contributed by atoms with van der Waals surface area (Å²) in [5, 5.41) is 15.0.